The number of nitrogens with one attached hydrogen (secondary N) is 1. The van der Waals surface area contributed by atoms with Gasteiger partial charge < -0.3 is 15.0 Å². The molecule has 1 aliphatic rings. The van der Waals surface area contributed by atoms with Gasteiger partial charge in [0.2, 0.25) is 5.91 Å². The molecular formula is C23H19N5O2. The summed E-state index contributed by atoms with van der Waals surface area (Å²) in [7, 11) is 1.63. The number of hydrogen-bond donors (Lipinski definition) is 1. The molecular weight excluding hydrogens is 378 g/mol. The Hall–Kier alpha value is -4.18. The SMILES string of the molecule is COc1ccc([C@@H](c2ccc(C#N)cc2)N2C=CC(=O)NC2c2cccnn2)cc1. The molecule has 0 saturated carbocycles. The number of nitrogens with zero attached hydrogens (tertiary/aromatic N) is 4. The quantitative estimate of drug-likeness (QED) is 0.711. The summed E-state index contributed by atoms with van der Waals surface area (Å²) < 4.78 is 5.30. The first-order valence-corrected chi connectivity index (χ1v) is 9.37. The number of nitriles is 1. The topological polar surface area (TPSA) is 91.1 Å². The van der Waals surface area contributed by atoms with E-state index < -0.39 is 6.17 Å². The third kappa shape index (κ3) is 3.84. The summed E-state index contributed by atoms with van der Waals surface area (Å²) in [5, 5.41) is 20.3. The van der Waals surface area contributed by atoms with Gasteiger partial charge in [0.25, 0.3) is 0 Å². The molecule has 7 heteroatoms. The Morgan fingerprint density at radius 2 is 1.80 bits per heavy atom. The van der Waals surface area contributed by atoms with Crippen LogP contribution in [0.15, 0.2) is 79.1 Å². The highest BCUT2D eigenvalue weighted by atomic mass is 16.5. The van der Waals surface area contributed by atoms with E-state index in [0.29, 0.717) is 11.3 Å². The first-order chi connectivity index (χ1) is 14.7. The van der Waals surface area contributed by atoms with Crippen molar-refractivity contribution in [3.8, 4) is 11.8 Å². The van der Waals surface area contributed by atoms with Gasteiger partial charge in [-0.1, -0.05) is 24.3 Å². The average Bonchev–Trinajstić information content (AvgIpc) is 2.81. The number of carbonyl (C=O) groups excluding carboxylic acids is 1. The fourth-order valence-electron chi connectivity index (χ4n) is 3.48. The molecule has 0 radical (unpaired) electrons. The number of amides is 1. The molecule has 0 saturated heterocycles. The lowest BCUT2D eigenvalue weighted by molar-refractivity contribution is -0.119. The molecule has 0 aliphatic carbocycles. The number of rotatable bonds is 5. The third-order valence-corrected chi connectivity index (χ3v) is 4.93. The van der Waals surface area contributed by atoms with E-state index >= 15 is 0 Å². The molecule has 2 aromatic carbocycles. The van der Waals surface area contributed by atoms with Gasteiger partial charge in [0, 0.05) is 18.5 Å². The Bertz CT molecular complexity index is 1090. The Balaban J connectivity index is 1.83. The summed E-state index contributed by atoms with van der Waals surface area (Å²) >= 11 is 0. The zero-order chi connectivity index (χ0) is 20.9. The molecule has 0 bridgehead atoms. The van der Waals surface area contributed by atoms with Gasteiger partial charge in [-0.25, -0.2) is 0 Å². The van der Waals surface area contributed by atoms with Gasteiger partial charge in [0.1, 0.15) is 17.6 Å². The molecule has 2 atom stereocenters. The zero-order valence-electron chi connectivity index (χ0n) is 16.3. The molecule has 30 heavy (non-hydrogen) atoms. The van der Waals surface area contributed by atoms with Crippen molar-refractivity contribution in [2.75, 3.05) is 7.11 Å². The van der Waals surface area contributed by atoms with Crippen LogP contribution in [0.25, 0.3) is 0 Å². The number of ether oxygens (including phenoxy) is 1. The number of aromatic nitrogens is 2. The van der Waals surface area contributed by atoms with E-state index in [9.17, 15) is 4.79 Å². The van der Waals surface area contributed by atoms with Crippen LogP contribution in [0, 0.1) is 11.3 Å². The molecule has 1 aromatic heterocycles. The molecule has 7 nitrogen and oxygen atoms in total. The fraction of sp³-hybridized carbons (Fsp3) is 0.130. The molecule has 148 valence electrons. The fourth-order valence-corrected chi connectivity index (χ4v) is 3.48. The lowest BCUT2D eigenvalue weighted by atomic mass is 9.95. The van der Waals surface area contributed by atoms with Crippen molar-refractivity contribution < 1.29 is 9.53 Å². The maximum atomic E-state index is 12.1. The second-order valence-electron chi connectivity index (χ2n) is 6.73. The van der Waals surface area contributed by atoms with Gasteiger partial charge >= 0.3 is 0 Å². The number of carbonyl (C=O) groups is 1. The molecule has 1 aliphatic heterocycles. The van der Waals surface area contributed by atoms with Crippen molar-refractivity contribution in [1.82, 2.24) is 20.4 Å². The van der Waals surface area contributed by atoms with Gasteiger partial charge in [0.05, 0.1) is 24.8 Å². The normalized spacial score (nSPS) is 16.5. The standard InChI is InChI=1S/C23H19N5O2/c1-30-19-10-8-18(9-11-19)22(17-6-4-16(15-24)5-7-17)28-14-12-21(29)26-23(28)20-3-2-13-25-27-20/h2-14,22-23H,1H3,(H,26,29)/t22-,23?/m1/s1. The summed E-state index contributed by atoms with van der Waals surface area (Å²) in [5.41, 5.74) is 3.17. The maximum Gasteiger partial charge on any atom is 0.247 e. The van der Waals surface area contributed by atoms with Crippen LogP contribution in [0.2, 0.25) is 0 Å². The Morgan fingerprint density at radius 1 is 1.10 bits per heavy atom. The van der Waals surface area contributed by atoms with Gasteiger partial charge in [-0.05, 0) is 47.5 Å². The van der Waals surface area contributed by atoms with Crippen molar-refractivity contribution in [3.63, 3.8) is 0 Å². The van der Waals surface area contributed by atoms with E-state index in [1.54, 1.807) is 37.7 Å². The van der Waals surface area contributed by atoms with Crippen molar-refractivity contribution in [3.05, 3.63) is 102 Å². The third-order valence-electron chi connectivity index (χ3n) is 4.93. The van der Waals surface area contributed by atoms with E-state index in [-0.39, 0.29) is 11.9 Å². The number of hydrogen-bond acceptors (Lipinski definition) is 6. The summed E-state index contributed by atoms with van der Waals surface area (Å²) in [4.78, 5) is 14.2. The molecule has 0 fully saturated rings. The van der Waals surface area contributed by atoms with Crippen molar-refractivity contribution >= 4 is 5.91 Å². The monoisotopic (exact) mass is 397 g/mol. The lowest BCUT2D eigenvalue weighted by Crippen LogP contribution is -2.44. The van der Waals surface area contributed by atoms with Gasteiger partial charge in [0.15, 0.2) is 0 Å². The van der Waals surface area contributed by atoms with Crippen LogP contribution in [0.1, 0.15) is 34.6 Å². The molecule has 2 heterocycles. The van der Waals surface area contributed by atoms with Crippen molar-refractivity contribution in [1.29, 1.82) is 5.26 Å². The second kappa shape index (κ2) is 8.45. The Morgan fingerprint density at radius 3 is 2.40 bits per heavy atom. The first kappa shape index (κ1) is 19.2. The number of benzene rings is 2. The predicted octanol–water partition coefficient (Wildman–Crippen LogP) is 3.09. The second-order valence-corrected chi connectivity index (χ2v) is 6.73. The van der Waals surface area contributed by atoms with Crippen LogP contribution < -0.4 is 10.1 Å². The van der Waals surface area contributed by atoms with Crippen LogP contribution in [0.4, 0.5) is 0 Å². The van der Waals surface area contributed by atoms with Crippen LogP contribution in [0.3, 0.4) is 0 Å². The minimum absolute atomic E-state index is 0.199. The maximum absolute atomic E-state index is 12.1. The average molecular weight is 397 g/mol. The van der Waals surface area contributed by atoms with E-state index in [2.05, 4.69) is 21.6 Å². The minimum Gasteiger partial charge on any atom is -0.497 e. The molecule has 4 rings (SSSR count). The van der Waals surface area contributed by atoms with Crippen LogP contribution in [0.5, 0.6) is 5.75 Å². The van der Waals surface area contributed by atoms with Crippen LogP contribution in [-0.2, 0) is 4.79 Å². The van der Waals surface area contributed by atoms with Crippen molar-refractivity contribution in [2.45, 2.75) is 12.2 Å². The largest absolute Gasteiger partial charge is 0.497 e. The zero-order valence-corrected chi connectivity index (χ0v) is 16.3. The van der Waals surface area contributed by atoms with Crippen LogP contribution in [-0.4, -0.2) is 28.1 Å². The van der Waals surface area contributed by atoms with Crippen molar-refractivity contribution in [2.24, 2.45) is 0 Å². The molecule has 0 spiro atoms. The summed E-state index contributed by atoms with van der Waals surface area (Å²) in [6.07, 6.45) is 4.35. The molecule has 1 N–H and O–H groups in total. The minimum atomic E-state index is -0.501. The smallest absolute Gasteiger partial charge is 0.247 e. The van der Waals surface area contributed by atoms with E-state index in [4.69, 9.17) is 10.00 Å². The first-order valence-electron chi connectivity index (χ1n) is 9.37. The molecule has 3 aromatic rings. The summed E-state index contributed by atoms with van der Waals surface area (Å²) in [6.45, 7) is 0. The highest BCUT2D eigenvalue weighted by molar-refractivity contribution is 5.88. The van der Waals surface area contributed by atoms with E-state index in [0.717, 1.165) is 16.9 Å². The Labute approximate surface area is 174 Å². The lowest BCUT2D eigenvalue weighted by Gasteiger charge is -2.39. The summed E-state index contributed by atoms with van der Waals surface area (Å²) in [5.74, 6) is 0.556. The molecule has 1 unspecified atom stereocenters. The highest BCUT2D eigenvalue weighted by Gasteiger charge is 2.32. The summed E-state index contributed by atoms with van der Waals surface area (Å²) in [6, 6.07) is 20.7. The van der Waals surface area contributed by atoms with Crippen LogP contribution >= 0.6 is 0 Å². The van der Waals surface area contributed by atoms with E-state index in [1.807, 2.05) is 47.4 Å². The highest BCUT2D eigenvalue weighted by Crippen LogP contribution is 2.36. The predicted molar refractivity (Wildman–Crippen MR) is 110 cm³/mol. The number of methoxy groups -OCH3 is 1. The van der Waals surface area contributed by atoms with Gasteiger partial charge in [-0.2, -0.15) is 15.5 Å². The molecule has 1 amide bonds. The van der Waals surface area contributed by atoms with Gasteiger partial charge in [-0.3, -0.25) is 4.79 Å². The van der Waals surface area contributed by atoms with Gasteiger partial charge in [-0.15, -0.1) is 0 Å². The van der Waals surface area contributed by atoms with E-state index in [1.165, 1.54) is 6.08 Å². The Kier molecular flexibility index (Phi) is 5.39.